The highest BCUT2D eigenvalue weighted by atomic mass is 16.7. The Kier molecular flexibility index (Phi) is 7.14. The molecule has 1 aromatic carbocycles. The zero-order chi connectivity index (χ0) is 18.6. The van der Waals surface area contributed by atoms with Crippen LogP contribution in [0.5, 0.6) is 5.75 Å². The molecule has 5 N–H and O–H groups in total. The van der Waals surface area contributed by atoms with Gasteiger partial charge in [-0.05, 0) is 31.0 Å². The van der Waals surface area contributed by atoms with Crippen LogP contribution in [0.15, 0.2) is 18.2 Å². The monoisotopic (exact) mass is 358 g/mol. The number of methoxy groups -OCH3 is 1. The average Bonchev–Trinajstić information content (AvgIpc) is 2.61. The Balaban J connectivity index is 1.95. The number of hydrogen-bond donors (Lipinski definition) is 5. The van der Waals surface area contributed by atoms with Crippen molar-refractivity contribution >= 4 is 0 Å². The lowest BCUT2D eigenvalue weighted by molar-refractivity contribution is -0.300. The first-order valence-corrected chi connectivity index (χ1v) is 8.16. The van der Waals surface area contributed by atoms with Crippen LogP contribution < -0.4 is 4.74 Å². The Hall–Kier alpha value is -1.26. The predicted molar refractivity (Wildman–Crippen MR) is 87.1 cm³/mol. The maximum Gasteiger partial charge on any atom is 0.186 e. The molecule has 1 fully saturated rings. The summed E-state index contributed by atoms with van der Waals surface area (Å²) in [6.45, 7) is 1.32. The van der Waals surface area contributed by atoms with Crippen LogP contribution >= 0.6 is 0 Å². The van der Waals surface area contributed by atoms with Crippen LogP contribution in [-0.4, -0.2) is 76.6 Å². The number of hydrogen-bond acceptors (Lipinski definition) is 8. The Morgan fingerprint density at radius 2 is 1.88 bits per heavy atom. The molecule has 0 radical (unpaired) electrons. The summed E-state index contributed by atoms with van der Waals surface area (Å²) in [5.74, 6) is 0.591. The molecule has 0 aliphatic carbocycles. The van der Waals surface area contributed by atoms with Gasteiger partial charge in [-0.1, -0.05) is 6.07 Å². The van der Waals surface area contributed by atoms with E-state index in [1.165, 1.54) is 7.11 Å². The highest BCUT2D eigenvalue weighted by Crippen LogP contribution is 2.27. The van der Waals surface area contributed by atoms with Gasteiger partial charge in [-0.25, -0.2) is 0 Å². The molecular formula is C17H26O8. The second-order valence-corrected chi connectivity index (χ2v) is 6.07. The Morgan fingerprint density at radius 3 is 2.48 bits per heavy atom. The first kappa shape index (κ1) is 20.1. The third-order valence-corrected chi connectivity index (χ3v) is 4.27. The number of ether oxygens (including phenoxy) is 3. The van der Waals surface area contributed by atoms with Crippen molar-refractivity contribution in [2.75, 3.05) is 20.3 Å². The zero-order valence-corrected chi connectivity index (χ0v) is 14.3. The highest BCUT2D eigenvalue weighted by Gasteiger charge is 2.43. The molecule has 0 bridgehead atoms. The van der Waals surface area contributed by atoms with Gasteiger partial charge in [0.15, 0.2) is 6.29 Å². The highest BCUT2D eigenvalue weighted by molar-refractivity contribution is 5.38. The first-order valence-electron chi connectivity index (χ1n) is 8.16. The molecule has 1 aliphatic rings. The molecule has 0 amide bonds. The van der Waals surface area contributed by atoms with E-state index >= 15 is 0 Å². The van der Waals surface area contributed by atoms with Gasteiger partial charge in [0.05, 0.1) is 26.4 Å². The molecule has 1 unspecified atom stereocenters. The SMILES string of the molecule is COc1ccc(CCO[C@@H]2O[C@H](CO)[C@@H](O)[C@H](O)[C@H]2O)cc1C(C)O. The maximum absolute atomic E-state index is 9.91. The van der Waals surface area contributed by atoms with Crippen LogP contribution in [0.25, 0.3) is 0 Å². The standard InChI is InChI=1S/C17H26O8/c1-9(19)11-7-10(3-4-12(11)23-2)5-6-24-17-16(22)15(21)14(20)13(8-18)25-17/h3-4,7,9,13-22H,5-6,8H2,1-2H3/t9?,13-,14-,15+,16-,17-/m1/s1. The Labute approximate surface area is 146 Å². The number of rotatable bonds is 7. The van der Waals surface area contributed by atoms with Crippen molar-refractivity contribution < 1.29 is 39.7 Å². The molecule has 0 spiro atoms. The van der Waals surface area contributed by atoms with E-state index in [1.54, 1.807) is 19.1 Å². The van der Waals surface area contributed by atoms with Crippen molar-refractivity contribution in [2.45, 2.75) is 50.2 Å². The van der Waals surface area contributed by atoms with Crippen molar-refractivity contribution in [1.29, 1.82) is 0 Å². The lowest BCUT2D eigenvalue weighted by Crippen LogP contribution is -2.59. The van der Waals surface area contributed by atoms with Crippen molar-refractivity contribution in [2.24, 2.45) is 0 Å². The van der Waals surface area contributed by atoms with Gasteiger partial charge in [-0.2, -0.15) is 0 Å². The molecule has 8 heteroatoms. The second-order valence-electron chi connectivity index (χ2n) is 6.07. The minimum absolute atomic E-state index is 0.175. The lowest BCUT2D eigenvalue weighted by atomic mass is 9.99. The van der Waals surface area contributed by atoms with Gasteiger partial charge in [0, 0.05) is 5.56 Å². The summed E-state index contributed by atoms with van der Waals surface area (Å²) in [6, 6.07) is 5.40. The normalized spacial score (nSPS) is 30.9. The van der Waals surface area contributed by atoms with Gasteiger partial charge in [-0.3, -0.25) is 0 Å². The zero-order valence-electron chi connectivity index (χ0n) is 14.3. The van der Waals surface area contributed by atoms with Crippen LogP contribution in [0.1, 0.15) is 24.2 Å². The smallest absolute Gasteiger partial charge is 0.186 e. The molecule has 0 aromatic heterocycles. The molecule has 6 atom stereocenters. The van der Waals surface area contributed by atoms with Crippen LogP contribution in [0.4, 0.5) is 0 Å². The number of aliphatic hydroxyl groups is 5. The summed E-state index contributed by atoms with van der Waals surface area (Å²) in [7, 11) is 1.53. The summed E-state index contributed by atoms with van der Waals surface area (Å²) in [4.78, 5) is 0. The molecular weight excluding hydrogens is 332 g/mol. The summed E-state index contributed by atoms with van der Waals surface area (Å²) >= 11 is 0. The van der Waals surface area contributed by atoms with E-state index < -0.39 is 43.4 Å². The van der Waals surface area contributed by atoms with Crippen molar-refractivity contribution in [3.63, 3.8) is 0 Å². The molecule has 8 nitrogen and oxygen atoms in total. The Bertz CT molecular complexity index is 547. The van der Waals surface area contributed by atoms with E-state index in [9.17, 15) is 20.4 Å². The molecule has 1 saturated heterocycles. The summed E-state index contributed by atoms with van der Waals surface area (Å²) in [5.41, 5.74) is 1.55. The minimum atomic E-state index is -1.46. The van der Waals surface area contributed by atoms with Crippen LogP contribution in [0.2, 0.25) is 0 Å². The molecule has 142 valence electrons. The quantitative estimate of drug-likeness (QED) is 0.424. The lowest BCUT2D eigenvalue weighted by Gasteiger charge is -2.39. The van der Waals surface area contributed by atoms with Gasteiger partial charge < -0.3 is 39.7 Å². The molecule has 1 heterocycles. The average molecular weight is 358 g/mol. The summed E-state index contributed by atoms with van der Waals surface area (Å²) in [5, 5.41) is 48.3. The largest absolute Gasteiger partial charge is 0.496 e. The van der Waals surface area contributed by atoms with E-state index in [0.29, 0.717) is 17.7 Å². The van der Waals surface area contributed by atoms with Crippen LogP contribution in [0, 0.1) is 0 Å². The fourth-order valence-corrected chi connectivity index (χ4v) is 2.76. The third-order valence-electron chi connectivity index (χ3n) is 4.27. The second kappa shape index (κ2) is 8.91. The summed E-state index contributed by atoms with van der Waals surface area (Å²) < 4.78 is 15.9. The minimum Gasteiger partial charge on any atom is -0.496 e. The van der Waals surface area contributed by atoms with E-state index in [1.807, 2.05) is 6.07 Å². The van der Waals surface area contributed by atoms with Gasteiger partial charge in [0.25, 0.3) is 0 Å². The van der Waals surface area contributed by atoms with Crippen molar-refractivity contribution in [1.82, 2.24) is 0 Å². The van der Waals surface area contributed by atoms with E-state index in [-0.39, 0.29) is 6.61 Å². The van der Waals surface area contributed by atoms with Gasteiger partial charge in [-0.15, -0.1) is 0 Å². The van der Waals surface area contributed by atoms with Crippen LogP contribution in [0.3, 0.4) is 0 Å². The molecule has 2 rings (SSSR count). The predicted octanol–water partition coefficient (Wildman–Crippen LogP) is -0.892. The molecule has 0 saturated carbocycles. The summed E-state index contributed by atoms with van der Waals surface area (Å²) in [6.07, 6.45) is -6.63. The van der Waals surface area contributed by atoms with E-state index in [4.69, 9.17) is 19.3 Å². The molecule has 25 heavy (non-hydrogen) atoms. The number of aliphatic hydroxyl groups excluding tert-OH is 5. The Morgan fingerprint density at radius 1 is 1.16 bits per heavy atom. The van der Waals surface area contributed by atoms with Crippen molar-refractivity contribution in [3.05, 3.63) is 29.3 Å². The fourth-order valence-electron chi connectivity index (χ4n) is 2.76. The molecule has 1 aromatic rings. The van der Waals surface area contributed by atoms with Gasteiger partial charge in [0.2, 0.25) is 0 Å². The first-order chi connectivity index (χ1) is 11.9. The van der Waals surface area contributed by atoms with Gasteiger partial charge >= 0.3 is 0 Å². The van der Waals surface area contributed by atoms with Crippen LogP contribution in [-0.2, 0) is 15.9 Å². The molecule has 1 aliphatic heterocycles. The van der Waals surface area contributed by atoms with E-state index in [2.05, 4.69) is 0 Å². The fraction of sp³-hybridized carbons (Fsp3) is 0.647. The topological polar surface area (TPSA) is 129 Å². The van der Waals surface area contributed by atoms with E-state index in [0.717, 1.165) is 5.56 Å². The van der Waals surface area contributed by atoms with Gasteiger partial charge in [0.1, 0.15) is 30.2 Å². The van der Waals surface area contributed by atoms with Crippen molar-refractivity contribution in [3.8, 4) is 5.75 Å². The number of benzene rings is 1. The maximum atomic E-state index is 9.91. The third kappa shape index (κ3) is 4.68.